The van der Waals surface area contributed by atoms with E-state index in [0.29, 0.717) is 5.92 Å². The quantitative estimate of drug-likeness (QED) is 0.927. The molecule has 2 aromatic rings. The molecule has 20 heavy (non-hydrogen) atoms. The maximum atomic E-state index is 11.2. The minimum absolute atomic E-state index is 0.0613. The van der Waals surface area contributed by atoms with Gasteiger partial charge in [-0.2, -0.15) is 0 Å². The maximum absolute atomic E-state index is 11.2. The van der Waals surface area contributed by atoms with Crippen molar-refractivity contribution in [3.63, 3.8) is 0 Å². The predicted octanol–water partition coefficient (Wildman–Crippen LogP) is 2.75. The Morgan fingerprint density at radius 2 is 1.85 bits per heavy atom. The molecule has 0 atom stereocenters. The Hall–Kier alpha value is -2.23. The van der Waals surface area contributed by atoms with Crippen LogP contribution in [-0.4, -0.2) is 15.9 Å². The van der Waals surface area contributed by atoms with E-state index in [1.807, 2.05) is 25.1 Å². The average molecular weight is 269 g/mol. The molecule has 1 amide bonds. The van der Waals surface area contributed by atoms with Gasteiger partial charge in [0.1, 0.15) is 0 Å². The van der Waals surface area contributed by atoms with Crippen LogP contribution in [0.3, 0.4) is 0 Å². The van der Waals surface area contributed by atoms with Crippen LogP contribution in [-0.2, 0) is 6.42 Å². The molecule has 0 saturated carbocycles. The molecule has 1 aromatic heterocycles. The standard InChI is InChI=1S/C16H19N3O/c1-10(2)8-12-4-6-13(7-5-12)14-9-11(3)18-16(19-14)15(17)20/h4-7,9-10H,8H2,1-3H3,(H2,17,20). The third-order valence-corrected chi connectivity index (χ3v) is 2.97. The molecule has 2 N–H and O–H groups in total. The summed E-state index contributed by atoms with van der Waals surface area (Å²) in [5.74, 6) is 0.0845. The number of hydrogen-bond donors (Lipinski definition) is 1. The lowest BCUT2D eigenvalue weighted by molar-refractivity contribution is 0.0990. The fraction of sp³-hybridized carbons (Fsp3) is 0.312. The van der Waals surface area contributed by atoms with Crippen LogP contribution in [0.5, 0.6) is 0 Å². The van der Waals surface area contributed by atoms with Gasteiger partial charge >= 0.3 is 0 Å². The van der Waals surface area contributed by atoms with Crippen LogP contribution in [0.4, 0.5) is 0 Å². The molecule has 0 bridgehead atoms. The Kier molecular flexibility index (Phi) is 4.13. The highest BCUT2D eigenvalue weighted by Crippen LogP contribution is 2.19. The summed E-state index contributed by atoms with van der Waals surface area (Å²) >= 11 is 0. The molecule has 0 aliphatic rings. The monoisotopic (exact) mass is 269 g/mol. The lowest BCUT2D eigenvalue weighted by Crippen LogP contribution is -2.16. The fourth-order valence-corrected chi connectivity index (χ4v) is 2.11. The first-order chi connectivity index (χ1) is 9.45. The molecule has 4 nitrogen and oxygen atoms in total. The van der Waals surface area contributed by atoms with Crippen LogP contribution in [0, 0.1) is 12.8 Å². The highest BCUT2D eigenvalue weighted by Gasteiger charge is 2.09. The molecule has 0 radical (unpaired) electrons. The molecule has 1 heterocycles. The summed E-state index contributed by atoms with van der Waals surface area (Å²) in [6, 6.07) is 10.1. The van der Waals surface area contributed by atoms with Gasteiger partial charge in [-0.1, -0.05) is 38.1 Å². The zero-order valence-electron chi connectivity index (χ0n) is 12.1. The van der Waals surface area contributed by atoms with E-state index in [4.69, 9.17) is 5.73 Å². The van der Waals surface area contributed by atoms with Crippen molar-refractivity contribution in [3.05, 3.63) is 47.4 Å². The molecule has 0 aliphatic heterocycles. The Balaban J connectivity index is 2.34. The third-order valence-electron chi connectivity index (χ3n) is 2.97. The van der Waals surface area contributed by atoms with Gasteiger partial charge in [0.15, 0.2) is 0 Å². The topological polar surface area (TPSA) is 68.9 Å². The van der Waals surface area contributed by atoms with Gasteiger partial charge in [0.05, 0.1) is 5.69 Å². The Morgan fingerprint density at radius 3 is 2.40 bits per heavy atom. The van der Waals surface area contributed by atoms with E-state index >= 15 is 0 Å². The lowest BCUT2D eigenvalue weighted by Gasteiger charge is -2.07. The molecule has 2 rings (SSSR count). The third kappa shape index (κ3) is 3.41. The zero-order chi connectivity index (χ0) is 14.7. The fourth-order valence-electron chi connectivity index (χ4n) is 2.11. The SMILES string of the molecule is Cc1cc(-c2ccc(CC(C)C)cc2)nc(C(N)=O)n1. The number of primary amides is 1. The van der Waals surface area contributed by atoms with E-state index in [-0.39, 0.29) is 5.82 Å². The van der Waals surface area contributed by atoms with E-state index < -0.39 is 5.91 Å². The first kappa shape index (κ1) is 14.2. The summed E-state index contributed by atoms with van der Waals surface area (Å²) in [6.45, 7) is 6.21. The molecule has 104 valence electrons. The van der Waals surface area contributed by atoms with Crippen LogP contribution in [0.2, 0.25) is 0 Å². The number of aryl methyl sites for hydroxylation is 1. The van der Waals surface area contributed by atoms with Crippen LogP contribution in [0.25, 0.3) is 11.3 Å². The highest BCUT2D eigenvalue weighted by molar-refractivity contribution is 5.89. The van der Waals surface area contributed by atoms with E-state index in [9.17, 15) is 4.79 Å². The van der Waals surface area contributed by atoms with Gasteiger partial charge in [0.2, 0.25) is 5.82 Å². The molecule has 0 fully saturated rings. The second kappa shape index (κ2) is 5.82. The molecule has 0 aliphatic carbocycles. The maximum Gasteiger partial charge on any atom is 0.286 e. The van der Waals surface area contributed by atoms with Crippen LogP contribution in [0.1, 0.15) is 35.7 Å². The van der Waals surface area contributed by atoms with Gasteiger partial charge in [-0.05, 0) is 30.9 Å². The smallest absolute Gasteiger partial charge is 0.286 e. The largest absolute Gasteiger partial charge is 0.363 e. The van der Waals surface area contributed by atoms with Crippen molar-refractivity contribution in [2.45, 2.75) is 27.2 Å². The molecule has 0 saturated heterocycles. The molecule has 4 heteroatoms. The van der Waals surface area contributed by atoms with E-state index in [1.165, 1.54) is 5.56 Å². The van der Waals surface area contributed by atoms with Crippen molar-refractivity contribution >= 4 is 5.91 Å². The first-order valence-corrected chi connectivity index (χ1v) is 6.70. The number of benzene rings is 1. The van der Waals surface area contributed by atoms with Crippen LogP contribution >= 0.6 is 0 Å². The minimum atomic E-state index is -0.605. The van der Waals surface area contributed by atoms with Gasteiger partial charge in [0, 0.05) is 11.3 Å². The van der Waals surface area contributed by atoms with E-state index in [0.717, 1.165) is 23.4 Å². The number of carbonyl (C=O) groups is 1. The number of carbonyl (C=O) groups excluding carboxylic acids is 1. The van der Waals surface area contributed by atoms with Gasteiger partial charge in [-0.3, -0.25) is 4.79 Å². The molecule has 0 unspecified atom stereocenters. The van der Waals surface area contributed by atoms with Crippen molar-refractivity contribution in [3.8, 4) is 11.3 Å². The summed E-state index contributed by atoms with van der Waals surface area (Å²) in [5.41, 5.74) is 8.96. The van der Waals surface area contributed by atoms with Crippen molar-refractivity contribution in [2.24, 2.45) is 11.7 Å². The summed E-state index contributed by atoms with van der Waals surface area (Å²) in [6.07, 6.45) is 1.05. The summed E-state index contributed by atoms with van der Waals surface area (Å²) in [5, 5.41) is 0. The van der Waals surface area contributed by atoms with Crippen LogP contribution < -0.4 is 5.73 Å². The number of nitrogens with two attached hydrogens (primary N) is 1. The Labute approximate surface area is 119 Å². The van der Waals surface area contributed by atoms with Crippen molar-refractivity contribution in [1.29, 1.82) is 0 Å². The molecule has 0 spiro atoms. The van der Waals surface area contributed by atoms with Gasteiger partial charge in [-0.15, -0.1) is 0 Å². The molecular weight excluding hydrogens is 250 g/mol. The average Bonchev–Trinajstić information content (AvgIpc) is 2.38. The minimum Gasteiger partial charge on any atom is -0.363 e. The highest BCUT2D eigenvalue weighted by atomic mass is 16.1. The summed E-state index contributed by atoms with van der Waals surface area (Å²) in [4.78, 5) is 19.4. The second-order valence-electron chi connectivity index (χ2n) is 5.38. The number of rotatable bonds is 4. The molecule has 1 aromatic carbocycles. The van der Waals surface area contributed by atoms with Crippen molar-refractivity contribution < 1.29 is 4.79 Å². The van der Waals surface area contributed by atoms with E-state index in [1.54, 1.807) is 0 Å². The first-order valence-electron chi connectivity index (χ1n) is 6.70. The second-order valence-corrected chi connectivity index (χ2v) is 5.38. The van der Waals surface area contributed by atoms with Gasteiger partial charge in [0.25, 0.3) is 5.91 Å². The summed E-state index contributed by atoms with van der Waals surface area (Å²) < 4.78 is 0. The number of amides is 1. The van der Waals surface area contributed by atoms with E-state index in [2.05, 4.69) is 35.9 Å². The lowest BCUT2D eigenvalue weighted by atomic mass is 10.0. The zero-order valence-corrected chi connectivity index (χ0v) is 12.1. The van der Waals surface area contributed by atoms with Crippen molar-refractivity contribution in [2.75, 3.05) is 0 Å². The predicted molar refractivity (Wildman–Crippen MR) is 79.3 cm³/mol. The summed E-state index contributed by atoms with van der Waals surface area (Å²) in [7, 11) is 0. The van der Waals surface area contributed by atoms with Crippen LogP contribution in [0.15, 0.2) is 30.3 Å². The molecular formula is C16H19N3O. The number of nitrogens with zero attached hydrogens (tertiary/aromatic N) is 2. The van der Waals surface area contributed by atoms with Gasteiger partial charge < -0.3 is 5.73 Å². The van der Waals surface area contributed by atoms with Crippen molar-refractivity contribution in [1.82, 2.24) is 9.97 Å². The Bertz CT molecular complexity index is 618. The number of aromatic nitrogens is 2. The normalized spacial score (nSPS) is 10.8. The van der Waals surface area contributed by atoms with Gasteiger partial charge in [-0.25, -0.2) is 9.97 Å². The Morgan fingerprint density at radius 1 is 1.20 bits per heavy atom. The number of hydrogen-bond acceptors (Lipinski definition) is 3.